The van der Waals surface area contributed by atoms with Gasteiger partial charge in [-0.3, -0.25) is 0 Å². The van der Waals surface area contributed by atoms with Crippen LogP contribution in [0.5, 0.6) is 0 Å². The van der Waals surface area contributed by atoms with E-state index in [9.17, 15) is 4.39 Å². The Morgan fingerprint density at radius 1 is 1.26 bits per heavy atom. The molecule has 0 spiro atoms. The molecule has 19 heavy (non-hydrogen) atoms. The molecule has 3 nitrogen and oxygen atoms in total. The van der Waals surface area contributed by atoms with Crippen molar-refractivity contribution in [2.45, 2.75) is 6.92 Å². The number of benzene rings is 1. The van der Waals surface area contributed by atoms with Crippen LogP contribution in [0, 0.1) is 12.7 Å². The van der Waals surface area contributed by atoms with Gasteiger partial charge < -0.3 is 5.32 Å². The van der Waals surface area contributed by atoms with Crippen LogP contribution in [0.1, 0.15) is 5.56 Å². The fraction of sp³-hybridized carbons (Fsp3) is 0.0769. The molecule has 3 aromatic rings. The van der Waals surface area contributed by atoms with E-state index in [2.05, 4.69) is 15.3 Å². The summed E-state index contributed by atoms with van der Waals surface area (Å²) in [5, 5.41) is 5.88. The monoisotopic (exact) mass is 293 g/mol. The molecule has 0 aliphatic heterocycles. The maximum absolute atomic E-state index is 13.8. The first-order chi connectivity index (χ1) is 9.15. The molecule has 0 saturated heterocycles. The number of para-hydroxylation sites is 1. The number of hydrogen-bond acceptors (Lipinski definition) is 4. The SMILES string of the molecule is Cc1cccc(F)c1Nc1nc(Cl)nc2sccc12. The second kappa shape index (κ2) is 4.75. The molecule has 1 N–H and O–H groups in total. The van der Waals surface area contributed by atoms with Crippen molar-refractivity contribution in [3.05, 3.63) is 46.3 Å². The number of thiophene rings is 1. The van der Waals surface area contributed by atoms with Gasteiger partial charge in [0, 0.05) is 0 Å². The summed E-state index contributed by atoms with van der Waals surface area (Å²) in [5.74, 6) is 0.197. The molecule has 0 unspecified atom stereocenters. The van der Waals surface area contributed by atoms with E-state index in [-0.39, 0.29) is 11.1 Å². The van der Waals surface area contributed by atoms with Gasteiger partial charge in [0.25, 0.3) is 0 Å². The number of nitrogens with zero attached hydrogens (tertiary/aromatic N) is 2. The maximum Gasteiger partial charge on any atom is 0.225 e. The normalized spacial score (nSPS) is 10.9. The molecule has 0 bridgehead atoms. The van der Waals surface area contributed by atoms with Crippen LogP contribution in [-0.4, -0.2) is 9.97 Å². The molecule has 0 saturated carbocycles. The summed E-state index contributed by atoms with van der Waals surface area (Å²) < 4.78 is 13.8. The van der Waals surface area contributed by atoms with Crippen LogP contribution in [0.15, 0.2) is 29.6 Å². The van der Waals surface area contributed by atoms with Gasteiger partial charge in [0.15, 0.2) is 0 Å². The van der Waals surface area contributed by atoms with Gasteiger partial charge in [0.1, 0.15) is 16.5 Å². The van der Waals surface area contributed by atoms with E-state index < -0.39 is 0 Å². The highest BCUT2D eigenvalue weighted by Crippen LogP contribution is 2.30. The van der Waals surface area contributed by atoms with Gasteiger partial charge in [-0.05, 0) is 41.6 Å². The molecule has 0 fully saturated rings. The molecule has 2 heterocycles. The first-order valence-corrected chi connectivity index (χ1v) is 6.84. The highest BCUT2D eigenvalue weighted by Gasteiger charge is 2.11. The lowest BCUT2D eigenvalue weighted by Crippen LogP contribution is -2.00. The smallest absolute Gasteiger partial charge is 0.225 e. The van der Waals surface area contributed by atoms with E-state index in [0.29, 0.717) is 11.5 Å². The Morgan fingerprint density at radius 2 is 2.11 bits per heavy atom. The Morgan fingerprint density at radius 3 is 2.89 bits per heavy atom. The van der Waals surface area contributed by atoms with Gasteiger partial charge in [-0.25, -0.2) is 9.37 Å². The number of aryl methyl sites for hydroxylation is 1. The van der Waals surface area contributed by atoms with E-state index in [1.54, 1.807) is 6.07 Å². The van der Waals surface area contributed by atoms with Crippen LogP contribution in [0.2, 0.25) is 5.28 Å². The van der Waals surface area contributed by atoms with E-state index in [1.165, 1.54) is 17.4 Å². The number of anilines is 2. The number of aromatic nitrogens is 2. The molecular formula is C13H9ClFN3S. The zero-order valence-electron chi connectivity index (χ0n) is 9.95. The second-order valence-corrected chi connectivity index (χ2v) is 5.27. The Hall–Kier alpha value is -1.72. The van der Waals surface area contributed by atoms with Crippen molar-refractivity contribution >= 4 is 44.7 Å². The van der Waals surface area contributed by atoms with Gasteiger partial charge in [0.2, 0.25) is 5.28 Å². The summed E-state index contributed by atoms with van der Waals surface area (Å²) in [4.78, 5) is 9.03. The third-order valence-electron chi connectivity index (χ3n) is 2.76. The molecule has 0 aliphatic carbocycles. The minimum Gasteiger partial charge on any atom is -0.337 e. The van der Waals surface area contributed by atoms with E-state index in [0.717, 1.165) is 15.8 Å². The highest BCUT2D eigenvalue weighted by molar-refractivity contribution is 7.16. The van der Waals surface area contributed by atoms with Gasteiger partial charge >= 0.3 is 0 Å². The average molecular weight is 294 g/mol. The third kappa shape index (κ3) is 2.27. The predicted octanol–water partition coefficient (Wildman–Crippen LogP) is 4.54. The molecule has 3 rings (SSSR count). The van der Waals surface area contributed by atoms with Crippen molar-refractivity contribution in [2.75, 3.05) is 5.32 Å². The zero-order valence-corrected chi connectivity index (χ0v) is 11.5. The molecule has 0 radical (unpaired) electrons. The zero-order chi connectivity index (χ0) is 13.4. The van der Waals surface area contributed by atoms with E-state index >= 15 is 0 Å². The number of nitrogens with one attached hydrogen (secondary N) is 1. The molecule has 6 heteroatoms. The maximum atomic E-state index is 13.8. The fourth-order valence-corrected chi connectivity index (χ4v) is 2.82. The van der Waals surface area contributed by atoms with Crippen LogP contribution in [-0.2, 0) is 0 Å². The van der Waals surface area contributed by atoms with Crippen LogP contribution in [0.3, 0.4) is 0 Å². The molecule has 2 aromatic heterocycles. The van der Waals surface area contributed by atoms with Gasteiger partial charge in [0.05, 0.1) is 11.1 Å². The van der Waals surface area contributed by atoms with Crippen LogP contribution >= 0.6 is 22.9 Å². The number of hydrogen-bond donors (Lipinski definition) is 1. The van der Waals surface area contributed by atoms with Crippen molar-refractivity contribution in [3.63, 3.8) is 0 Å². The summed E-state index contributed by atoms with van der Waals surface area (Å²) in [6.07, 6.45) is 0. The van der Waals surface area contributed by atoms with Gasteiger partial charge in [-0.2, -0.15) is 4.98 Å². The number of fused-ring (bicyclic) bond motifs is 1. The molecule has 0 atom stereocenters. The lowest BCUT2D eigenvalue weighted by Gasteiger charge is -2.10. The largest absolute Gasteiger partial charge is 0.337 e. The summed E-state index contributed by atoms with van der Waals surface area (Å²) in [7, 11) is 0. The third-order valence-corrected chi connectivity index (χ3v) is 3.74. The Labute approximate surface area is 118 Å². The Bertz CT molecular complexity index is 736. The van der Waals surface area contributed by atoms with Crippen molar-refractivity contribution < 1.29 is 4.39 Å². The van der Waals surface area contributed by atoms with Crippen LogP contribution in [0.25, 0.3) is 10.2 Å². The highest BCUT2D eigenvalue weighted by atomic mass is 35.5. The second-order valence-electron chi connectivity index (χ2n) is 4.04. The van der Waals surface area contributed by atoms with Gasteiger partial charge in [-0.15, -0.1) is 11.3 Å². The van der Waals surface area contributed by atoms with Crippen molar-refractivity contribution in [3.8, 4) is 0 Å². The Balaban J connectivity index is 2.13. The first kappa shape index (κ1) is 12.3. The lowest BCUT2D eigenvalue weighted by molar-refractivity contribution is 0.631. The first-order valence-electron chi connectivity index (χ1n) is 5.58. The molecule has 0 aliphatic rings. The van der Waals surface area contributed by atoms with Crippen molar-refractivity contribution in [1.29, 1.82) is 0 Å². The summed E-state index contributed by atoms with van der Waals surface area (Å²) in [6.45, 7) is 1.83. The van der Waals surface area contributed by atoms with Crippen LogP contribution in [0.4, 0.5) is 15.9 Å². The summed E-state index contributed by atoms with van der Waals surface area (Å²) in [5.41, 5.74) is 1.21. The number of halogens is 2. The predicted molar refractivity (Wildman–Crippen MR) is 76.8 cm³/mol. The topological polar surface area (TPSA) is 37.8 Å². The van der Waals surface area contributed by atoms with E-state index in [4.69, 9.17) is 11.6 Å². The fourth-order valence-electron chi connectivity index (χ4n) is 1.83. The quantitative estimate of drug-likeness (QED) is 0.705. The standard InChI is InChI=1S/C13H9ClFN3S/c1-7-3-2-4-9(15)10(7)16-11-8-5-6-19-12(8)18-13(14)17-11/h2-6H,1H3,(H,16,17,18). The van der Waals surface area contributed by atoms with Crippen LogP contribution < -0.4 is 5.32 Å². The lowest BCUT2D eigenvalue weighted by atomic mass is 10.2. The van der Waals surface area contributed by atoms with Crippen molar-refractivity contribution in [2.24, 2.45) is 0 Å². The molecular weight excluding hydrogens is 285 g/mol. The number of rotatable bonds is 2. The summed E-state index contributed by atoms with van der Waals surface area (Å²) >= 11 is 7.34. The Kier molecular flexibility index (Phi) is 3.08. The average Bonchev–Trinajstić information content (AvgIpc) is 2.81. The molecule has 0 amide bonds. The minimum atomic E-state index is -0.321. The van der Waals surface area contributed by atoms with Crippen molar-refractivity contribution in [1.82, 2.24) is 9.97 Å². The minimum absolute atomic E-state index is 0.145. The van der Waals surface area contributed by atoms with E-state index in [1.807, 2.05) is 24.4 Å². The summed E-state index contributed by atoms with van der Waals surface area (Å²) in [6, 6.07) is 6.79. The molecule has 96 valence electrons. The molecule has 1 aromatic carbocycles. The van der Waals surface area contributed by atoms with Gasteiger partial charge in [-0.1, -0.05) is 12.1 Å².